The largest absolute Gasteiger partial charge is 0.481 e. The number of hydrogen-bond acceptors (Lipinski definition) is 3. The van der Waals surface area contributed by atoms with Crippen molar-refractivity contribution in [1.29, 1.82) is 0 Å². The summed E-state index contributed by atoms with van der Waals surface area (Å²) in [6.07, 6.45) is 4.21. The first-order valence-electron chi connectivity index (χ1n) is 8.27. The summed E-state index contributed by atoms with van der Waals surface area (Å²) >= 11 is 0. The molecule has 0 saturated heterocycles. The van der Waals surface area contributed by atoms with Crippen molar-refractivity contribution >= 4 is 11.9 Å². The van der Waals surface area contributed by atoms with Gasteiger partial charge in [0, 0.05) is 6.42 Å². The first kappa shape index (κ1) is 17.5. The molecule has 23 heavy (non-hydrogen) atoms. The zero-order valence-electron chi connectivity index (χ0n) is 14.2. The van der Waals surface area contributed by atoms with Crippen molar-refractivity contribution in [2.24, 2.45) is 5.92 Å². The quantitative estimate of drug-likeness (QED) is 0.843. The maximum atomic E-state index is 11.9. The SMILES string of the molecule is CC(C)(C)OC(=O)Cc1ccc2c(c1)CC[C@@H](CCC(=O)O)C2. The Morgan fingerprint density at radius 3 is 2.65 bits per heavy atom. The number of carboxylic acids is 1. The van der Waals surface area contributed by atoms with Crippen LogP contribution >= 0.6 is 0 Å². The third kappa shape index (κ3) is 5.70. The predicted molar refractivity (Wildman–Crippen MR) is 88.4 cm³/mol. The second-order valence-electron chi connectivity index (χ2n) is 7.41. The van der Waals surface area contributed by atoms with Crippen LogP contribution in [0.15, 0.2) is 18.2 Å². The topological polar surface area (TPSA) is 63.6 Å². The first-order chi connectivity index (χ1) is 10.7. The van der Waals surface area contributed by atoms with E-state index in [0.29, 0.717) is 12.3 Å². The van der Waals surface area contributed by atoms with Crippen LogP contribution in [0.2, 0.25) is 0 Å². The maximum absolute atomic E-state index is 11.9. The summed E-state index contributed by atoms with van der Waals surface area (Å²) in [5, 5.41) is 8.80. The molecule has 0 fully saturated rings. The molecule has 0 aliphatic heterocycles. The Balaban J connectivity index is 1.96. The molecule has 0 amide bonds. The Kier molecular flexibility index (Phi) is 5.45. The predicted octanol–water partition coefficient (Wildman–Crippen LogP) is 3.54. The van der Waals surface area contributed by atoms with E-state index in [1.807, 2.05) is 26.8 Å². The number of rotatable bonds is 5. The number of aliphatic carboxylic acids is 1. The van der Waals surface area contributed by atoms with Gasteiger partial charge in [0.15, 0.2) is 0 Å². The lowest BCUT2D eigenvalue weighted by Gasteiger charge is -2.25. The number of benzene rings is 1. The summed E-state index contributed by atoms with van der Waals surface area (Å²) < 4.78 is 5.36. The van der Waals surface area contributed by atoms with Crippen LogP contribution in [-0.2, 0) is 33.6 Å². The molecule has 1 aliphatic rings. The van der Waals surface area contributed by atoms with E-state index in [4.69, 9.17) is 9.84 Å². The standard InChI is InChI=1S/C19H26O4/c1-19(2,3)23-18(22)12-14-5-8-15-10-13(6-9-17(20)21)4-7-16(15)11-14/h5,8,11,13H,4,6-7,9-10,12H2,1-3H3,(H,20,21)/t13-/m0/s1. The smallest absolute Gasteiger partial charge is 0.310 e. The van der Waals surface area contributed by atoms with Gasteiger partial charge in [-0.3, -0.25) is 9.59 Å². The summed E-state index contributed by atoms with van der Waals surface area (Å²) in [5.74, 6) is -0.466. The Hall–Kier alpha value is -1.84. The molecular weight excluding hydrogens is 292 g/mol. The number of fused-ring (bicyclic) bond motifs is 1. The lowest BCUT2D eigenvalue weighted by Crippen LogP contribution is -2.25. The van der Waals surface area contributed by atoms with Crippen molar-refractivity contribution in [3.05, 3.63) is 34.9 Å². The molecule has 1 aromatic rings. The van der Waals surface area contributed by atoms with Crippen LogP contribution < -0.4 is 0 Å². The lowest BCUT2D eigenvalue weighted by molar-refractivity contribution is -0.154. The fourth-order valence-corrected chi connectivity index (χ4v) is 3.11. The molecule has 4 nitrogen and oxygen atoms in total. The molecule has 0 heterocycles. The second kappa shape index (κ2) is 7.16. The molecule has 2 rings (SSSR count). The summed E-state index contributed by atoms with van der Waals surface area (Å²) in [6.45, 7) is 5.61. The number of esters is 1. The van der Waals surface area contributed by atoms with Gasteiger partial charge in [-0.05, 0) is 69.1 Å². The maximum Gasteiger partial charge on any atom is 0.310 e. The molecule has 126 valence electrons. The fraction of sp³-hybridized carbons (Fsp3) is 0.579. The Labute approximate surface area is 137 Å². The van der Waals surface area contributed by atoms with Crippen molar-refractivity contribution < 1.29 is 19.4 Å². The zero-order chi connectivity index (χ0) is 17.0. The van der Waals surface area contributed by atoms with E-state index < -0.39 is 11.6 Å². The number of carbonyl (C=O) groups excluding carboxylic acids is 1. The Bertz CT molecular complexity index is 584. The average molecular weight is 318 g/mol. The van der Waals surface area contributed by atoms with Crippen LogP contribution in [0.25, 0.3) is 0 Å². The summed E-state index contributed by atoms with van der Waals surface area (Å²) in [6, 6.07) is 6.18. The molecule has 0 unspecified atom stereocenters. The van der Waals surface area contributed by atoms with E-state index in [1.54, 1.807) is 0 Å². The van der Waals surface area contributed by atoms with Gasteiger partial charge in [0.1, 0.15) is 5.60 Å². The van der Waals surface area contributed by atoms with Gasteiger partial charge in [0.2, 0.25) is 0 Å². The highest BCUT2D eigenvalue weighted by molar-refractivity contribution is 5.73. The van der Waals surface area contributed by atoms with Crippen molar-refractivity contribution in [1.82, 2.24) is 0 Å². The minimum absolute atomic E-state index is 0.201. The molecule has 0 spiro atoms. The van der Waals surface area contributed by atoms with Crippen LogP contribution in [0, 0.1) is 5.92 Å². The second-order valence-corrected chi connectivity index (χ2v) is 7.41. The monoisotopic (exact) mass is 318 g/mol. The van der Waals surface area contributed by atoms with Crippen molar-refractivity contribution in [3.8, 4) is 0 Å². The summed E-state index contributed by atoms with van der Waals surface area (Å²) in [5.41, 5.74) is 3.11. The van der Waals surface area contributed by atoms with Crippen molar-refractivity contribution in [3.63, 3.8) is 0 Å². The number of aryl methyl sites for hydroxylation is 1. The lowest BCUT2D eigenvalue weighted by atomic mass is 9.81. The van der Waals surface area contributed by atoms with Gasteiger partial charge in [-0.25, -0.2) is 0 Å². The number of ether oxygens (including phenoxy) is 1. The van der Waals surface area contributed by atoms with E-state index in [0.717, 1.165) is 31.2 Å². The molecule has 4 heteroatoms. The average Bonchev–Trinajstić information content (AvgIpc) is 2.42. The Morgan fingerprint density at radius 1 is 1.26 bits per heavy atom. The van der Waals surface area contributed by atoms with Crippen LogP contribution in [0.5, 0.6) is 0 Å². The van der Waals surface area contributed by atoms with E-state index >= 15 is 0 Å². The van der Waals surface area contributed by atoms with Gasteiger partial charge < -0.3 is 9.84 Å². The van der Waals surface area contributed by atoms with E-state index in [1.165, 1.54) is 11.1 Å². The molecule has 1 aliphatic carbocycles. The highest BCUT2D eigenvalue weighted by Crippen LogP contribution is 2.29. The summed E-state index contributed by atoms with van der Waals surface area (Å²) in [7, 11) is 0. The minimum atomic E-state index is -0.719. The minimum Gasteiger partial charge on any atom is -0.481 e. The van der Waals surface area contributed by atoms with E-state index in [2.05, 4.69) is 12.1 Å². The third-order valence-electron chi connectivity index (χ3n) is 4.14. The molecule has 1 aromatic carbocycles. The van der Waals surface area contributed by atoms with Gasteiger partial charge in [0.05, 0.1) is 6.42 Å². The Morgan fingerprint density at radius 2 is 2.00 bits per heavy atom. The van der Waals surface area contributed by atoms with E-state index in [9.17, 15) is 9.59 Å². The van der Waals surface area contributed by atoms with Crippen LogP contribution in [0.1, 0.15) is 56.7 Å². The van der Waals surface area contributed by atoms with Gasteiger partial charge in [-0.1, -0.05) is 18.2 Å². The van der Waals surface area contributed by atoms with Crippen LogP contribution in [-0.4, -0.2) is 22.6 Å². The number of carboxylic acid groups (broad SMARTS) is 1. The molecule has 1 N–H and O–H groups in total. The van der Waals surface area contributed by atoms with Gasteiger partial charge in [0.25, 0.3) is 0 Å². The van der Waals surface area contributed by atoms with Crippen LogP contribution in [0.3, 0.4) is 0 Å². The number of hydrogen-bond donors (Lipinski definition) is 1. The molecule has 0 aromatic heterocycles. The highest BCUT2D eigenvalue weighted by atomic mass is 16.6. The normalized spacial score (nSPS) is 17.4. The molecule has 0 bridgehead atoms. The van der Waals surface area contributed by atoms with Crippen molar-refractivity contribution in [2.75, 3.05) is 0 Å². The molecule has 0 radical (unpaired) electrons. The third-order valence-corrected chi connectivity index (χ3v) is 4.14. The highest BCUT2D eigenvalue weighted by Gasteiger charge is 2.21. The molecule has 1 atom stereocenters. The molecular formula is C19H26O4. The van der Waals surface area contributed by atoms with Gasteiger partial charge in [-0.15, -0.1) is 0 Å². The zero-order valence-corrected chi connectivity index (χ0v) is 14.2. The molecule has 0 saturated carbocycles. The first-order valence-corrected chi connectivity index (χ1v) is 8.27. The fourth-order valence-electron chi connectivity index (χ4n) is 3.11. The number of carbonyl (C=O) groups is 2. The van der Waals surface area contributed by atoms with Gasteiger partial charge >= 0.3 is 11.9 Å². The van der Waals surface area contributed by atoms with Crippen molar-refractivity contribution in [2.45, 2.75) is 64.9 Å². The van der Waals surface area contributed by atoms with E-state index in [-0.39, 0.29) is 12.4 Å². The van der Waals surface area contributed by atoms with Crippen LogP contribution in [0.4, 0.5) is 0 Å². The summed E-state index contributed by atoms with van der Waals surface area (Å²) in [4.78, 5) is 22.6. The van der Waals surface area contributed by atoms with Gasteiger partial charge in [-0.2, -0.15) is 0 Å².